The minimum absolute atomic E-state index is 0.0523. The summed E-state index contributed by atoms with van der Waals surface area (Å²) in [6, 6.07) is 9.98. The number of rotatable bonds is 6. The minimum atomic E-state index is -2.67. The number of carbonyl (C=O) groups is 1. The molecule has 0 atom stereocenters. The van der Waals surface area contributed by atoms with E-state index in [2.05, 4.69) is 5.32 Å². The number of nitrogens with zero attached hydrogens (tertiary/aromatic N) is 1. The van der Waals surface area contributed by atoms with Crippen molar-refractivity contribution in [2.24, 2.45) is 0 Å². The first-order valence-electron chi connectivity index (χ1n) is 6.63. The first-order valence-corrected chi connectivity index (χ1v) is 7.89. The maximum atomic E-state index is 12.6. The van der Waals surface area contributed by atoms with E-state index in [0.29, 0.717) is 5.56 Å². The zero-order valence-corrected chi connectivity index (χ0v) is 13.6. The summed E-state index contributed by atoms with van der Waals surface area (Å²) < 4.78 is 25.2. The highest BCUT2D eigenvalue weighted by molar-refractivity contribution is 7.99. The molecule has 9 heteroatoms. The summed E-state index contributed by atoms with van der Waals surface area (Å²) in [5, 5.41) is 13.2. The Hall–Kier alpha value is -2.19. The van der Waals surface area contributed by atoms with Gasteiger partial charge in [0.1, 0.15) is 0 Å². The summed E-state index contributed by atoms with van der Waals surface area (Å²) in [5.41, 5.74) is 0.674. The SMILES string of the molecule is O=C(Cc1ccc([N+](=O)[O-])cc1)Nc1cccc(Cl)c1SC(F)F. The molecule has 0 aliphatic rings. The molecule has 0 unspecified atom stereocenters. The molecular weight excluding hydrogens is 362 g/mol. The summed E-state index contributed by atoms with van der Waals surface area (Å²) in [5.74, 6) is -3.11. The first kappa shape index (κ1) is 18.2. The molecule has 0 saturated carbocycles. The zero-order valence-electron chi connectivity index (χ0n) is 12.0. The topological polar surface area (TPSA) is 72.2 Å². The summed E-state index contributed by atoms with van der Waals surface area (Å²) in [4.78, 5) is 22.2. The van der Waals surface area contributed by atoms with Crippen LogP contribution in [0.3, 0.4) is 0 Å². The molecule has 5 nitrogen and oxygen atoms in total. The van der Waals surface area contributed by atoms with E-state index in [9.17, 15) is 23.7 Å². The van der Waals surface area contributed by atoms with Gasteiger partial charge in [-0.15, -0.1) is 0 Å². The van der Waals surface area contributed by atoms with Gasteiger partial charge in [0.2, 0.25) is 5.91 Å². The van der Waals surface area contributed by atoms with Gasteiger partial charge in [0.25, 0.3) is 11.4 Å². The van der Waals surface area contributed by atoms with Crippen LogP contribution in [0.4, 0.5) is 20.2 Å². The summed E-state index contributed by atoms with van der Waals surface area (Å²) >= 11 is 6.15. The third-order valence-corrected chi connectivity index (χ3v) is 4.24. The van der Waals surface area contributed by atoms with Crippen LogP contribution in [-0.4, -0.2) is 16.6 Å². The smallest absolute Gasteiger partial charge is 0.289 e. The number of carbonyl (C=O) groups excluding carboxylic acids is 1. The molecule has 24 heavy (non-hydrogen) atoms. The summed E-state index contributed by atoms with van der Waals surface area (Å²) in [6.45, 7) is 0. The Morgan fingerprint density at radius 1 is 1.25 bits per heavy atom. The average Bonchev–Trinajstić information content (AvgIpc) is 2.51. The normalized spacial score (nSPS) is 10.7. The molecular formula is C15H11ClF2N2O3S. The lowest BCUT2D eigenvalue weighted by Gasteiger charge is -2.12. The largest absolute Gasteiger partial charge is 0.325 e. The lowest BCUT2D eigenvalue weighted by atomic mass is 10.1. The van der Waals surface area contributed by atoms with Gasteiger partial charge in [-0.05, 0) is 17.7 Å². The van der Waals surface area contributed by atoms with Crippen LogP contribution in [0.15, 0.2) is 47.4 Å². The summed E-state index contributed by atoms with van der Waals surface area (Å²) in [6.07, 6.45) is -0.0523. The third-order valence-electron chi connectivity index (χ3n) is 2.96. The molecule has 0 fully saturated rings. The van der Waals surface area contributed by atoms with Gasteiger partial charge in [0.15, 0.2) is 0 Å². The molecule has 1 N–H and O–H groups in total. The van der Waals surface area contributed by atoms with Gasteiger partial charge in [-0.2, -0.15) is 8.78 Å². The highest BCUT2D eigenvalue weighted by Gasteiger charge is 2.16. The van der Waals surface area contributed by atoms with Crippen molar-refractivity contribution >= 4 is 40.6 Å². The molecule has 0 aliphatic carbocycles. The second kappa shape index (κ2) is 8.07. The molecule has 0 heterocycles. The Kier molecular flexibility index (Phi) is 6.10. The Labute approximate surface area is 145 Å². The number of halogens is 3. The van der Waals surface area contributed by atoms with Crippen molar-refractivity contribution in [3.63, 3.8) is 0 Å². The molecule has 0 aliphatic heterocycles. The number of anilines is 1. The average molecular weight is 373 g/mol. The van der Waals surface area contributed by atoms with Crippen LogP contribution >= 0.6 is 23.4 Å². The Balaban J connectivity index is 2.09. The van der Waals surface area contributed by atoms with E-state index < -0.39 is 16.6 Å². The second-order valence-electron chi connectivity index (χ2n) is 4.64. The molecule has 0 saturated heterocycles. The van der Waals surface area contributed by atoms with Gasteiger partial charge >= 0.3 is 0 Å². The Morgan fingerprint density at radius 3 is 2.50 bits per heavy atom. The number of thioether (sulfide) groups is 1. The maximum Gasteiger partial charge on any atom is 0.289 e. The van der Waals surface area contributed by atoms with E-state index >= 15 is 0 Å². The van der Waals surface area contributed by atoms with Crippen LogP contribution in [-0.2, 0) is 11.2 Å². The molecule has 2 aromatic carbocycles. The quantitative estimate of drug-likeness (QED) is 0.451. The Morgan fingerprint density at radius 2 is 1.92 bits per heavy atom. The lowest BCUT2D eigenvalue weighted by molar-refractivity contribution is -0.384. The van der Waals surface area contributed by atoms with E-state index in [4.69, 9.17) is 11.6 Å². The van der Waals surface area contributed by atoms with Crippen LogP contribution in [0.2, 0.25) is 5.02 Å². The van der Waals surface area contributed by atoms with Crippen LogP contribution in [0.5, 0.6) is 0 Å². The van der Waals surface area contributed by atoms with Gasteiger partial charge in [-0.3, -0.25) is 14.9 Å². The molecule has 126 valence electrons. The second-order valence-corrected chi connectivity index (χ2v) is 6.05. The number of nitro groups is 1. The Bertz CT molecular complexity index is 757. The van der Waals surface area contributed by atoms with E-state index in [1.807, 2.05) is 0 Å². The molecule has 1 amide bonds. The molecule has 0 aromatic heterocycles. The highest BCUT2D eigenvalue weighted by atomic mass is 35.5. The lowest BCUT2D eigenvalue weighted by Crippen LogP contribution is -2.15. The van der Waals surface area contributed by atoms with Crippen molar-refractivity contribution in [1.82, 2.24) is 0 Å². The fourth-order valence-electron chi connectivity index (χ4n) is 1.93. The number of hydrogen-bond acceptors (Lipinski definition) is 4. The number of amides is 1. The van der Waals surface area contributed by atoms with Crippen LogP contribution in [0.25, 0.3) is 0 Å². The van der Waals surface area contributed by atoms with E-state index in [0.717, 1.165) is 0 Å². The van der Waals surface area contributed by atoms with Crippen molar-refractivity contribution in [2.45, 2.75) is 17.1 Å². The van der Waals surface area contributed by atoms with Gasteiger partial charge in [0, 0.05) is 12.1 Å². The van der Waals surface area contributed by atoms with Crippen LogP contribution in [0.1, 0.15) is 5.56 Å². The predicted octanol–water partition coefficient (Wildman–Crippen LogP) is 4.74. The molecule has 2 aromatic rings. The maximum absolute atomic E-state index is 12.6. The summed E-state index contributed by atoms with van der Waals surface area (Å²) in [7, 11) is 0. The van der Waals surface area contributed by atoms with E-state index in [1.165, 1.54) is 36.4 Å². The fourth-order valence-corrected chi connectivity index (χ4v) is 2.84. The van der Waals surface area contributed by atoms with Crippen molar-refractivity contribution < 1.29 is 18.5 Å². The number of nitro benzene ring substituents is 1. The van der Waals surface area contributed by atoms with Crippen molar-refractivity contribution in [2.75, 3.05) is 5.32 Å². The van der Waals surface area contributed by atoms with Gasteiger partial charge in [-0.1, -0.05) is 41.6 Å². The molecule has 2 rings (SSSR count). The van der Waals surface area contributed by atoms with Crippen LogP contribution in [0, 0.1) is 10.1 Å². The number of nitrogens with one attached hydrogen (secondary N) is 1. The van der Waals surface area contributed by atoms with Crippen LogP contribution < -0.4 is 5.32 Å². The first-order chi connectivity index (χ1) is 11.4. The molecule has 0 spiro atoms. The molecule has 0 bridgehead atoms. The monoisotopic (exact) mass is 372 g/mol. The van der Waals surface area contributed by atoms with E-state index in [-0.39, 0.29) is 39.5 Å². The standard InChI is InChI=1S/C15H11ClF2N2O3S/c16-11-2-1-3-12(14(11)24-15(17)18)19-13(21)8-9-4-6-10(7-5-9)20(22)23/h1-7,15H,8H2,(H,19,21). The minimum Gasteiger partial charge on any atom is -0.325 e. The third kappa shape index (κ3) is 4.90. The van der Waals surface area contributed by atoms with Crippen molar-refractivity contribution in [1.29, 1.82) is 0 Å². The number of alkyl halides is 2. The van der Waals surface area contributed by atoms with Gasteiger partial charge < -0.3 is 5.32 Å². The molecule has 0 radical (unpaired) electrons. The number of benzene rings is 2. The fraction of sp³-hybridized carbons (Fsp3) is 0.133. The number of hydrogen-bond donors (Lipinski definition) is 1. The van der Waals surface area contributed by atoms with E-state index in [1.54, 1.807) is 6.07 Å². The van der Waals surface area contributed by atoms with Crippen molar-refractivity contribution in [3.8, 4) is 0 Å². The zero-order chi connectivity index (χ0) is 17.7. The van der Waals surface area contributed by atoms with Gasteiger partial charge in [-0.25, -0.2) is 0 Å². The number of non-ortho nitro benzene ring substituents is 1. The van der Waals surface area contributed by atoms with Crippen molar-refractivity contribution in [3.05, 3.63) is 63.2 Å². The predicted molar refractivity (Wildman–Crippen MR) is 88.7 cm³/mol. The van der Waals surface area contributed by atoms with Gasteiger partial charge in [0.05, 0.1) is 26.9 Å². The highest BCUT2D eigenvalue weighted by Crippen LogP contribution is 2.37.